The molecule has 0 aliphatic rings. The Balaban J connectivity index is 0.00000112. The topological polar surface area (TPSA) is 52.0 Å². The second kappa shape index (κ2) is 5.01. The molecule has 0 aliphatic heterocycles. The normalized spacial score (nSPS) is 9.93. The molecule has 0 saturated heterocycles. The lowest BCUT2D eigenvalue weighted by molar-refractivity contribution is 0.980. The Labute approximate surface area is 95.7 Å². The lowest BCUT2D eigenvalue weighted by atomic mass is 10.0. The summed E-state index contributed by atoms with van der Waals surface area (Å²) in [6.07, 6.45) is 0.840. The molecule has 0 spiro atoms. The van der Waals surface area contributed by atoms with Gasteiger partial charge >= 0.3 is 0 Å². The molecule has 0 amide bonds. The number of hydrogen-bond donors (Lipinski definition) is 2. The molecule has 15 heavy (non-hydrogen) atoms. The highest BCUT2D eigenvalue weighted by atomic mass is 35.5. The van der Waals surface area contributed by atoms with Gasteiger partial charge in [-0.1, -0.05) is 30.3 Å². The molecular formula is C12H15ClN2. The summed E-state index contributed by atoms with van der Waals surface area (Å²) in [7, 11) is 0. The Morgan fingerprint density at radius 1 is 1.00 bits per heavy atom. The van der Waals surface area contributed by atoms with Crippen LogP contribution in [-0.2, 0) is 6.42 Å². The van der Waals surface area contributed by atoms with E-state index in [4.69, 9.17) is 11.5 Å². The average Bonchev–Trinajstić information content (AvgIpc) is 2.23. The molecule has 3 heteroatoms. The van der Waals surface area contributed by atoms with Crippen LogP contribution in [0.15, 0.2) is 36.4 Å². The molecule has 2 nitrogen and oxygen atoms in total. The van der Waals surface area contributed by atoms with E-state index in [-0.39, 0.29) is 12.4 Å². The van der Waals surface area contributed by atoms with Gasteiger partial charge in [0.25, 0.3) is 0 Å². The summed E-state index contributed by atoms with van der Waals surface area (Å²) < 4.78 is 0. The molecule has 0 unspecified atom stereocenters. The SMILES string of the molecule is Cl.NCCc1c(N)ccc2ccccc12. The van der Waals surface area contributed by atoms with Gasteiger partial charge in [0.15, 0.2) is 0 Å². The van der Waals surface area contributed by atoms with E-state index in [1.807, 2.05) is 24.3 Å². The number of hydrogen-bond acceptors (Lipinski definition) is 2. The molecule has 2 rings (SSSR count). The number of anilines is 1. The van der Waals surface area contributed by atoms with E-state index in [2.05, 4.69) is 12.1 Å². The molecule has 0 heterocycles. The molecule has 0 radical (unpaired) electrons. The van der Waals surface area contributed by atoms with E-state index in [9.17, 15) is 0 Å². The molecule has 0 saturated carbocycles. The van der Waals surface area contributed by atoms with Crippen molar-refractivity contribution in [3.05, 3.63) is 42.0 Å². The van der Waals surface area contributed by atoms with Crippen molar-refractivity contribution in [1.29, 1.82) is 0 Å². The third-order valence-corrected chi connectivity index (χ3v) is 2.47. The number of rotatable bonds is 2. The average molecular weight is 223 g/mol. The Kier molecular flexibility index (Phi) is 3.95. The maximum Gasteiger partial charge on any atom is 0.0353 e. The summed E-state index contributed by atoms with van der Waals surface area (Å²) in [6, 6.07) is 12.2. The van der Waals surface area contributed by atoms with Crippen LogP contribution in [-0.4, -0.2) is 6.54 Å². The standard InChI is InChI=1S/C12H14N2.ClH/c13-8-7-11-10-4-2-1-3-9(10)5-6-12(11)14;/h1-6H,7-8,13-14H2;1H. The highest BCUT2D eigenvalue weighted by Gasteiger charge is 2.03. The Bertz CT molecular complexity index is 454. The molecule has 0 atom stereocenters. The van der Waals surface area contributed by atoms with E-state index < -0.39 is 0 Å². The van der Waals surface area contributed by atoms with E-state index in [0.29, 0.717) is 6.54 Å². The van der Waals surface area contributed by atoms with E-state index in [1.54, 1.807) is 0 Å². The molecule has 80 valence electrons. The first kappa shape index (κ1) is 11.8. The zero-order chi connectivity index (χ0) is 9.97. The van der Waals surface area contributed by atoms with Crippen molar-refractivity contribution in [2.24, 2.45) is 5.73 Å². The number of halogens is 1. The molecular weight excluding hydrogens is 208 g/mol. The van der Waals surface area contributed by atoms with Gasteiger partial charge in [-0.25, -0.2) is 0 Å². The van der Waals surface area contributed by atoms with Crippen molar-refractivity contribution >= 4 is 28.9 Å². The monoisotopic (exact) mass is 222 g/mol. The molecule has 2 aromatic rings. The van der Waals surface area contributed by atoms with Crippen molar-refractivity contribution in [2.45, 2.75) is 6.42 Å². The quantitative estimate of drug-likeness (QED) is 0.767. The highest BCUT2D eigenvalue weighted by Crippen LogP contribution is 2.24. The summed E-state index contributed by atoms with van der Waals surface area (Å²) >= 11 is 0. The minimum atomic E-state index is 0. The van der Waals surface area contributed by atoms with Gasteiger partial charge in [-0.05, 0) is 35.4 Å². The van der Waals surface area contributed by atoms with Gasteiger partial charge in [0, 0.05) is 5.69 Å². The van der Waals surface area contributed by atoms with Gasteiger partial charge < -0.3 is 11.5 Å². The summed E-state index contributed by atoms with van der Waals surface area (Å²) in [5.41, 5.74) is 13.5. The summed E-state index contributed by atoms with van der Waals surface area (Å²) in [5.74, 6) is 0. The van der Waals surface area contributed by atoms with Crippen LogP contribution in [0.1, 0.15) is 5.56 Å². The third-order valence-electron chi connectivity index (χ3n) is 2.47. The molecule has 0 bridgehead atoms. The minimum Gasteiger partial charge on any atom is -0.398 e. The fourth-order valence-corrected chi connectivity index (χ4v) is 1.78. The molecule has 4 N–H and O–H groups in total. The fraction of sp³-hybridized carbons (Fsp3) is 0.167. The summed E-state index contributed by atoms with van der Waals surface area (Å²) in [6.45, 7) is 0.637. The Morgan fingerprint density at radius 2 is 1.73 bits per heavy atom. The predicted octanol–water partition coefficient (Wildman–Crippen LogP) is 2.35. The summed E-state index contributed by atoms with van der Waals surface area (Å²) in [4.78, 5) is 0. The van der Waals surface area contributed by atoms with Crippen molar-refractivity contribution in [2.75, 3.05) is 12.3 Å². The number of nitrogen functional groups attached to an aromatic ring is 1. The van der Waals surface area contributed by atoms with Crippen LogP contribution in [0, 0.1) is 0 Å². The maximum atomic E-state index is 5.92. The van der Waals surface area contributed by atoms with Gasteiger partial charge in [0.05, 0.1) is 0 Å². The van der Waals surface area contributed by atoms with Crippen LogP contribution in [0.25, 0.3) is 10.8 Å². The minimum absolute atomic E-state index is 0. The van der Waals surface area contributed by atoms with Crippen molar-refractivity contribution < 1.29 is 0 Å². The van der Waals surface area contributed by atoms with Crippen LogP contribution in [0.2, 0.25) is 0 Å². The first-order valence-electron chi connectivity index (χ1n) is 4.79. The molecule has 0 fully saturated rings. The van der Waals surface area contributed by atoms with E-state index >= 15 is 0 Å². The zero-order valence-corrected chi connectivity index (χ0v) is 9.26. The number of fused-ring (bicyclic) bond motifs is 1. The van der Waals surface area contributed by atoms with Crippen molar-refractivity contribution in [1.82, 2.24) is 0 Å². The van der Waals surface area contributed by atoms with E-state index in [1.165, 1.54) is 16.3 Å². The van der Waals surface area contributed by atoms with Crippen LogP contribution >= 0.6 is 12.4 Å². The second-order valence-corrected chi connectivity index (χ2v) is 3.39. The first-order chi connectivity index (χ1) is 6.83. The maximum absolute atomic E-state index is 5.92. The smallest absolute Gasteiger partial charge is 0.0353 e. The van der Waals surface area contributed by atoms with Crippen LogP contribution in [0.5, 0.6) is 0 Å². The summed E-state index contributed by atoms with van der Waals surface area (Å²) in [5, 5.41) is 2.45. The Hall–Kier alpha value is -1.25. The fourth-order valence-electron chi connectivity index (χ4n) is 1.78. The Morgan fingerprint density at radius 3 is 2.47 bits per heavy atom. The molecule has 0 aliphatic carbocycles. The largest absolute Gasteiger partial charge is 0.398 e. The number of benzene rings is 2. The molecule has 0 aromatic heterocycles. The lowest BCUT2D eigenvalue weighted by Gasteiger charge is -2.08. The van der Waals surface area contributed by atoms with Crippen LogP contribution in [0.4, 0.5) is 5.69 Å². The first-order valence-corrected chi connectivity index (χ1v) is 4.79. The van der Waals surface area contributed by atoms with Gasteiger partial charge in [-0.3, -0.25) is 0 Å². The zero-order valence-electron chi connectivity index (χ0n) is 8.44. The second-order valence-electron chi connectivity index (χ2n) is 3.39. The van der Waals surface area contributed by atoms with E-state index in [0.717, 1.165) is 12.1 Å². The predicted molar refractivity (Wildman–Crippen MR) is 68.4 cm³/mol. The van der Waals surface area contributed by atoms with Gasteiger partial charge in [0.2, 0.25) is 0 Å². The lowest BCUT2D eigenvalue weighted by Crippen LogP contribution is -2.05. The van der Waals surface area contributed by atoms with Gasteiger partial charge in [-0.2, -0.15) is 0 Å². The molecule has 2 aromatic carbocycles. The van der Waals surface area contributed by atoms with Crippen molar-refractivity contribution in [3.8, 4) is 0 Å². The van der Waals surface area contributed by atoms with Crippen molar-refractivity contribution in [3.63, 3.8) is 0 Å². The van der Waals surface area contributed by atoms with Gasteiger partial charge in [-0.15, -0.1) is 12.4 Å². The highest BCUT2D eigenvalue weighted by molar-refractivity contribution is 5.89. The number of nitrogens with two attached hydrogens (primary N) is 2. The third kappa shape index (κ3) is 2.22. The van der Waals surface area contributed by atoms with Crippen LogP contribution < -0.4 is 11.5 Å². The van der Waals surface area contributed by atoms with Crippen LogP contribution in [0.3, 0.4) is 0 Å². The van der Waals surface area contributed by atoms with Gasteiger partial charge in [0.1, 0.15) is 0 Å².